The van der Waals surface area contributed by atoms with E-state index in [4.69, 9.17) is 11.6 Å². The summed E-state index contributed by atoms with van der Waals surface area (Å²) in [5.74, 6) is -7.30. The van der Waals surface area contributed by atoms with Crippen LogP contribution in [0.1, 0.15) is 0 Å². The van der Waals surface area contributed by atoms with Crippen LogP contribution in [0.3, 0.4) is 0 Å². The van der Waals surface area contributed by atoms with Crippen molar-refractivity contribution >= 4 is 11.6 Å². The summed E-state index contributed by atoms with van der Waals surface area (Å²) in [6.07, 6.45) is 0. The smallest absolute Gasteiger partial charge is 0.203 e. The van der Waals surface area contributed by atoms with E-state index in [2.05, 4.69) is 11.3 Å². The van der Waals surface area contributed by atoms with Crippen molar-refractivity contribution in [2.45, 2.75) is 0 Å². The number of halogens is 5. The van der Waals surface area contributed by atoms with Gasteiger partial charge in [0.1, 0.15) is 6.61 Å². The molecule has 0 aliphatic rings. The van der Waals surface area contributed by atoms with E-state index in [0.29, 0.717) is 5.57 Å². The number of benzene rings is 1. The minimum atomic E-state index is -1.58. The second kappa shape index (κ2) is 5.21. The molecule has 0 aliphatic heterocycles. The third-order valence-corrected chi connectivity index (χ3v) is 2.06. The van der Waals surface area contributed by atoms with Crippen LogP contribution >= 0.6 is 11.6 Å². The molecular formula is C10H7ClF4O. The molecular weight excluding hydrogens is 248 g/mol. The van der Waals surface area contributed by atoms with Crippen molar-refractivity contribution < 1.29 is 22.3 Å². The first kappa shape index (κ1) is 12.8. The average molecular weight is 255 g/mol. The molecule has 0 fully saturated rings. The Morgan fingerprint density at radius 1 is 1.19 bits per heavy atom. The van der Waals surface area contributed by atoms with Gasteiger partial charge in [-0.25, -0.2) is 8.78 Å². The van der Waals surface area contributed by atoms with Crippen LogP contribution in [0.15, 0.2) is 18.2 Å². The van der Waals surface area contributed by atoms with Gasteiger partial charge in [0.05, 0.1) is 0 Å². The Balaban J connectivity index is 2.99. The van der Waals surface area contributed by atoms with Crippen LogP contribution in [-0.4, -0.2) is 12.5 Å². The summed E-state index contributed by atoms with van der Waals surface area (Å²) in [7, 11) is 0. The lowest BCUT2D eigenvalue weighted by atomic mass is 10.3. The molecule has 0 bridgehead atoms. The molecule has 0 radical (unpaired) electrons. The predicted octanol–water partition coefficient (Wildman–Crippen LogP) is 3.42. The van der Waals surface area contributed by atoms with Crippen LogP contribution in [0.25, 0.3) is 0 Å². The number of hydrogen-bond acceptors (Lipinski definition) is 1. The highest BCUT2D eigenvalue weighted by Gasteiger charge is 2.20. The molecule has 0 aliphatic carbocycles. The lowest BCUT2D eigenvalue weighted by Crippen LogP contribution is -2.07. The SMILES string of the molecule is C=C(CCl)COc1c(F)c(F)cc(F)c1F. The van der Waals surface area contributed by atoms with E-state index in [9.17, 15) is 17.6 Å². The Labute approximate surface area is 94.3 Å². The van der Waals surface area contributed by atoms with Crippen LogP contribution in [-0.2, 0) is 0 Å². The van der Waals surface area contributed by atoms with Crippen LogP contribution in [0, 0.1) is 23.3 Å². The third-order valence-electron chi connectivity index (χ3n) is 1.68. The first-order valence-corrected chi connectivity index (χ1v) is 4.69. The minimum Gasteiger partial charge on any atom is -0.483 e. The highest BCUT2D eigenvalue weighted by Crippen LogP contribution is 2.26. The largest absolute Gasteiger partial charge is 0.483 e. The fourth-order valence-electron chi connectivity index (χ4n) is 0.891. The van der Waals surface area contributed by atoms with Crippen molar-refractivity contribution in [1.82, 2.24) is 0 Å². The van der Waals surface area contributed by atoms with Gasteiger partial charge in [0.15, 0.2) is 17.4 Å². The van der Waals surface area contributed by atoms with E-state index >= 15 is 0 Å². The normalized spacial score (nSPS) is 10.3. The maximum atomic E-state index is 13.0. The van der Waals surface area contributed by atoms with Gasteiger partial charge in [0, 0.05) is 11.9 Å². The quantitative estimate of drug-likeness (QED) is 0.346. The van der Waals surface area contributed by atoms with Gasteiger partial charge in [-0.15, -0.1) is 11.6 Å². The van der Waals surface area contributed by atoms with Gasteiger partial charge in [-0.3, -0.25) is 0 Å². The van der Waals surface area contributed by atoms with Gasteiger partial charge in [0.2, 0.25) is 11.6 Å². The fraction of sp³-hybridized carbons (Fsp3) is 0.200. The summed E-state index contributed by atoms with van der Waals surface area (Å²) in [4.78, 5) is 0. The molecule has 1 rings (SSSR count). The van der Waals surface area contributed by atoms with Crippen LogP contribution in [0.2, 0.25) is 0 Å². The summed E-state index contributed by atoms with van der Waals surface area (Å²) >= 11 is 5.35. The van der Waals surface area contributed by atoms with Gasteiger partial charge in [0.25, 0.3) is 0 Å². The average Bonchev–Trinajstić information content (AvgIpc) is 2.26. The predicted molar refractivity (Wildman–Crippen MR) is 51.6 cm³/mol. The van der Waals surface area contributed by atoms with Crippen molar-refractivity contribution in [2.75, 3.05) is 12.5 Å². The molecule has 0 N–H and O–H groups in total. The lowest BCUT2D eigenvalue weighted by molar-refractivity contribution is 0.295. The van der Waals surface area contributed by atoms with Gasteiger partial charge in [-0.2, -0.15) is 8.78 Å². The van der Waals surface area contributed by atoms with Gasteiger partial charge < -0.3 is 4.74 Å². The standard InChI is InChI=1S/C10H7ClF4O/c1-5(3-11)4-16-10-8(14)6(12)2-7(13)9(10)15/h2H,1,3-4H2. The monoisotopic (exact) mass is 254 g/mol. The van der Waals surface area contributed by atoms with Crippen molar-refractivity contribution in [1.29, 1.82) is 0 Å². The van der Waals surface area contributed by atoms with Crippen molar-refractivity contribution in [3.8, 4) is 5.75 Å². The van der Waals surface area contributed by atoms with Crippen LogP contribution in [0.4, 0.5) is 17.6 Å². The molecule has 1 aromatic rings. The Kier molecular flexibility index (Phi) is 4.18. The molecule has 88 valence electrons. The topological polar surface area (TPSA) is 9.23 Å². The molecule has 1 nitrogen and oxygen atoms in total. The molecule has 0 spiro atoms. The summed E-state index contributed by atoms with van der Waals surface area (Å²) < 4.78 is 56.1. The molecule has 6 heteroatoms. The third kappa shape index (κ3) is 2.66. The molecule has 0 saturated carbocycles. The van der Waals surface area contributed by atoms with E-state index < -0.39 is 29.0 Å². The Morgan fingerprint density at radius 3 is 2.12 bits per heavy atom. The number of rotatable bonds is 4. The molecule has 0 heterocycles. The summed E-state index contributed by atoms with van der Waals surface area (Å²) in [6.45, 7) is 3.08. The second-order valence-electron chi connectivity index (χ2n) is 2.97. The van der Waals surface area contributed by atoms with E-state index in [0.717, 1.165) is 0 Å². The van der Waals surface area contributed by atoms with Crippen LogP contribution in [0.5, 0.6) is 5.75 Å². The number of ether oxygens (including phenoxy) is 1. The van der Waals surface area contributed by atoms with Gasteiger partial charge in [-0.1, -0.05) is 6.58 Å². The van der Waals surface area contributed by atoms with Crippen molar-refractivity contribution in [3.05, 3.63) is 41.5 Å². The summed E-state index contributed by atoms with van der Waals surface area (Å²) in [5, 5.41) is 0. The summed E-state index contributed by atoms with van der Waals surface area (Å²) in [6, 6.07) is 0.105. The second-order valence-corrected chi connectivity index (χ2v) is 3.24. The number of hydrogen-bond donors (Lipinski definition) is 0. The van der Waals surface area contributed by atoms with Crippen molar-refractivity contribution in [2.24, 2.45) is 0 Å². The van der Waals surface area contributed by atoms with Crippen LogP contribution < -0.4 is 4.74 Å². The maximum absolute atomic E-state index is 13.0. The molecule has 0 unspecified atom stereocenters. The zero-order chi connectivity index (χ0) is 12.3. The minimum absolute atomic E-state index is 0.0149. The molecule has 0 aromatic heterocycles. The maximum Gasteiger partial charge on any atom is 0.203 e. The van der Waals surface area contributed by atoms with E-state index in [-0.39, 0.29) is 18.6 Å². The first-order chi connectivity index (χ1) is 7.47. The Morgan fingerprint density at radius 2 is 1.69 bits per heavy atom. The fourth-order valence-corrected chi connectivity index (χ4v) is 0.968. The van der Waals surface area contributed by atoms with Crippen molar-refractivity contribution in [3.63, 3.8) is 0 Å². The van der Waals surface area contributed by atoms with Gasteiger partial charge >= 0.3 is 0 Å². The molecule has 0 saturated heterocycles. The molecule has 1 aromatic carbocycles. The highest BCUT2D eigenvalue weighted by molar-refractivity contribution is 6.19. The highest BCUT2D eigenvalue weighted by atomic mass is 35.5. The lowest BCUT2D eigenvalue weighted by Gasteiger charge is -2.09. The molecule has 0 amide bonds. The Bertz CT molecular complexity index is 394. The summed E-state index contributed by atoms with van der Waals surface area (Å²) in [5.41, 5.74) is 0.324. The zero-order valence-corrected chi connectivity index (χ0v) is 8.75. The van der Waals surface area contributed by atoms with E-state index in [1.54, 1.807) is 0 Å². The Hall–Kier alpha value is -1.23. The molecule has 0 atom stereocenters. The zero-order valence-electron chi connectivity index (χ0n) is 8.00. The van der Waals surface area contributed by atoms with Gasteiger partial charge in [-0.05, 0) is 5.57 Å². The number of alkyl halides is 1. The molecule has 16 heavy (non-hydrogen) atoms. The van der Waals surface area contributed by atoms with E-state index in [1.807, 2.05) is 0 Å². The van der Waals surface area contributed by atoms with E-state index in [1.165, 1.54) is 0 Å². The first-order valence-electron chi connectivity index (χ1n) is 4.15.